The molecule has 1 fully saturated rings. The molecule has 0 atom stereocenters. The minimum absolute atomic E-state index is 0.104. The maximum absolute atomic E-state index is 11.7. The van der Waals surface area contributed by atoms with E-state index in [4.69, 9.17) is 16.3 Å². The van der Waals surface area contributed by atoms with Crippen molar-refractivity contribution in [3.63, 3.8) is 0 Å². The molecule has 1 aliphatic carbocycles. The summed E-state index contributed by atoms with van der Waals surface area (Å²) in [6, 6.07) is 5.81. The molecule has 4 nitrogen and oxygen atoms in total. The molecule has 0 unspecified atom stereocenters. The van der Waals surface area contributed by atoms with Crippen molar-refractivity contribution in [3.8, 4) is 5.75 Å². The quantitative estimate of drug-likeness (QED) is 0.815. The standard InChI is InChI=1S/C16H23ClN2O2/c1-12-7-8-14(11-15(12)17)21-10-9-18-16(20)19-13-5-3-2-4-6-13/h7-8,11,13H,2-6,9-10H2,1H3,(H2,18,19,20). The van der Waals surface area contributed by atoms with Crippen LogP contribution in [0.4, 0.5) is 4.79 Å². The summed E-state index contributed by atoms with van der Waals surface area (Å²) in [6.07, 6.45) is 5.88. The molecule has 116 valence electrons. The topological polar surface area (TPSA) is 50.4 Å². The number of halogens is 1. The Labute approximate surface area is 131 Å². The molecule has 1 saturated carbocycles. The summed E-state index contributed by atoms with van der Waals surface area (Å²) >= 11 is 6.03. The number of carbonyl (C=O) groups excluding carboxylic acids is 1. The number of benzene rings is 1. The maximum atomic E-state index is 11.7. The molecule has 21 heavy (non-hydrogen) atoms. The normalized spacial score (nSPS) is 15.5. The third-order valence-corrected chi connectivity index (χ3v) is 4.15. The van der Waals surface area contributed by atoms with Crippen molar-refractivity contribution < 1.29 is 9.53 Å². The Bertz CT molecular complexity index is 473. The second-order valence-electron chi connectivity index (χ2n) is 5.49. The fraction of sp³-hybridized carbons (Fsp3) is 0.562. The van der Waals surface area contributed by atoms with Crippen LogP contribution in [0.2, 0.25) is 5.02 Å². The summed E-state index contributed by atoms with van der Waals surface area (Å²) in [6.45, 7) is 2.85. The Kier molecular flexibility index (Phi) is 6.18. The van der Waals surface area contributed by atoms with Gasteiger partial charge in [-0.15, -0.1) is 0 Å². The number of carbonyl (C=O) groups is 1. The number of aryl methyl sites for hydroxylation is 1. The van der Waals surface area contributed by atoms with Crippen molar-refractivity contribution >= 4 is 17.6 Å². The van der Waals surface area contributed by atoms with Gasteiger partial charge in [0.15, 0.2) is 0 Å². The summed E-state index contributed by atoms with van der Waals surface area (Å²) in [5, 5.41) is 6.52. The molecule has 0 bridgehead atoms. The van der Waals surface area contributed by atoms with E-state index in [1.807, 2.05) is 19.1 Å². The van der Waals surface area contributed by atoms with E-state index in [1.54, 1.807) is 6.07 Å². The third kappa shape index (κ3) is 5.46. The lowest BCUT2D eigenvalue weighted by Gasteiger charge is -2.22. The van der Waals surface area contributed by atoms with Crippen LogP contribution in [0.5, 0.6) is 5.75 Å². The first-order valence-electron chi connectivity index (χ1n) is 7.58. The Balaban J connectivity index is 1.62. The van der Waals surface area contributed by atoms with E-state index in [0.717, 1.165) is 24.2 Å². The summed E-state index contributed by atoms with van der Waals surface area (Å²) in [5.74, 6) is 0.722. The van der Waals surface area contributed by atoms with E-state index < -0.39 is 0 Å². The zero-order chi connectivity index (χ0) is 15.1. The molecule has 1 aliphatic rings. The number of hydrogen-bond acceptors (Lipinski definition) is 2. The molecule has 0 aromatic heterocycles. The van der Waals surface area contributed by atoms with Crippen LogP contribution in [-0.2, 0) is 0 Å². The zero-order valence-electron chi connectivity index (χ0n) is 12.5. The van der Waals surface area contributed by atoms with E-state index in [0.29, 0.717) is 24.2 Å². The van der Waals surface area contributed by atoms with Crippen molar-refractivity contribution in [1.29, 1.82) is 0 Å². The summed E-state index contributed by atoms with van der Waals surface area (Å²) in [7, 11) is 0. The van der Waals surface area contributed by atoms with Crippen LogP contribution in [0, 0.1) is 6.92 Å². The van der Waals surface area contributed by atoms with Crippen LogP contribution in [0.1, 0.15) is 37.7 Å². The van der Waals surface area contributed by atoms with E-state index in [2.05, 4.69) is 10.6 Å². The van der Waals surface area contributed by atoms with Crippen molar-refractivity contribution in [2.75, 3.05) is 13.2 Å². The smallest absolute Gasteiger partial charge is 0.315 e. The van der Waals surface area contributed by atoms with Gasteiger partial charge in [0.2, 0.25) is 0 Å². The molecule has 0 heterocycles. The third-order valence-electron chi connectivity index (χ3n) is 3.74. The minimum atomic E-state index is -0.104. The van der Waals surface area contributed by atoms with Gasteiger partial charge in [0.05, 0.1) is 6.54 Å². The monoisotopic (exact) mass is 310 g/mol. The fourth-order valence-electron chi connectivity index (χ4n) is 2.48. The molecule has 1 aromatic rings. The molecular weight excluding hydrogens is 288 g/mol. The highest BCUT2D eigenvalue weighted by Gasteiger charge is 2.15. The lowest BCUT2D eigenvalue weighted by Crippen LogP contribution is -2.44. The van der Waals surface area contributed by atoms with Crippen molar-refractivity contribution in [2.45, 2.75) is 45.1 Å². The molecule has 2 N–H and O–H groups in total. The van der Waals surface area contributed by atoms with E-state index in [-0.39, 0.29) is 6.03 Å². The zero-order valence-corrected chi connectivity index (χ0v) is 13.2. The minimum Gasteiger partial charge on any atom is -0.492 e. The Hall–Kier alpha value is -1.42. The largest absolute Gasteiger partial charge is 0.492 e. The van der Waals surface area contributed by atoms with Crippen molar-refractivity contribution in [1.82, 2.24) is 10.6 Å². The highest BCUT2D eigenvalue weighted by atomic mass is 35.5. The Morgan fingerprint density at radius 1 is 1.33 bits per heavy atom. The lowest BCUT2D eigenvalue weighted by molar-refractivity contribution is 0.228. The molecule has 0 saturated heterocycles. The average Bonchev–Trinajstić information content (AvgIpc) is 2.48. The highest BCUT2D eigenvalue weighted by Crippen LogP contribution is 2.21. The lowest BCUT2D eigenvalue weighted by atomic mass is 9.96. The van der Waals surface area contributed by atoms with Crippen molar-refractivity contribution in [2.24, 2.45) is 0 Å². The van der Waals surface area contributed by atoms with Gasteiger partial charge in [-0.25, -0.2) is 4.79 Å². The van der Waals surface area contributed by atoms with Crippen molar-refractivity contribution in [3.05, 3.63) is 28.8 Å². The van der Waals surface area contributed by atoms with Crippen LogP contribution >= 0.6 is 11.6 Å². The number of hydrogen-bond donors (Lipinski definition) is 2. The first kappa shape index (κ1) is 16.0. The molecule has 0 spiro atoms. The van der Waals surface area contributed by atoms with Gasteiger partial charge in [0.25, 0.3) is 0 Å². The molecule has 2 amide bonds. The highest BCUT2D eigenvalue weighted by molar-refractivity contribution is 6.31. The number of amides is 2. The second kappa shape index (κ2) is 8.13. The van der Waals surface area contributed by atoms with Gasteiger partial charge in [0.1, 0.15) is 12.4 Å². The molecule has 0 aliphatic heterocycles. The van der Waals surface area contributed by atoms with Gasteiger partial charge >= 0.3 is 6.03 Å². The summed E-state index contributed by atoms with van der Waals surface area (Å²) < 4.78 is 5.56. The maximum Gasteiger partial charge on any atom is 0.315 e. The summed E-state index contributed by atoms with van der Waals surface area (Å²) in [5.41, 5.74) is 1.02. The predicted molar refractivity (Wildman–Crippen MR) is 85.1 cm³/mol. The van der Waals surface area contributed by atoms with Gasteiger partial charge in [-0.05, 0) is 37.5 Å². The van der Waals surface area contributed by atoms with Gasteiger partial charge < -0.3 is 15.4 Å². The first-order chi connectivity index (χ1) is 10.1. The molecular formula is C16H23ClN2O2. The van der Waals surface area contributed by atoms with Crippen LogP contribution in [-0.4, -0.2) is 25.2 Å². The van der Waals surface area contributed by atoms with E-state index in [9.17, 15) is 4.79 Å². The van der Waals surface area contributed by atoms with E-state index in [1.165, 1.54) is 19.3 Å². The SMILES string of the molecule is Cc1ccc(OCCNC(=O)NC2CCCCC2)cc1Cl. The Morgan fingerprint density at radius 2 is 2.10 bits per heavy atom. The van der Waals surface area contributed by atoms with Crippen LogP contribution in [0.15, 0.2) is 18.2 Å². The molecule has 5 heteroatoms. The van der Waals surface area contributed by atoms with Gasteiger partial charge in [-0.1, -0.05) is 36.9 Å². The van der Waals surface area contributed by atoms with Crippen LogP contribution in [0.3, 0.4) is 0 Å². The van der Waals surface area contributed by atoms with Gasteiger partial charge in [-0.2, -0.15) is 0 Å². The first-order valence-corrected chi connectivity index (χ1v) is 7.96. The van der Waals surface area contributed by atoms with Crippen LogP contribution < -0.4 is 15.4 Å². The number of urea groups is 1. The molecule has 2 rings (SSSR count). The van der Waals surface area contributed by atoms with Gasteiger partial charge in [0, 0.05) is 11.1 Å². The fourth-order valence-corrected chi connectivity index (χ4v) is 2.65. The van der Waals surface area contributed by atoms with Crippen LogP contribution in [0.25, 0.3) is 0 Å². The Morgan fingerprint density at radius 3 is 2.81 bits per heavy atom. The average molecular weight is 311 g/mol. The number of nitrogens with one attached hydrogen (secondary N) is 2. The summed E-state index contributed by atoms with van der Waals surface area (Å²) in [4.78, 5) is 11.7. The van der Waals surface area contributed by atoms with Gasteiger partial charge in [-0.3, -0.25) is 0 Å². The number of ether oxygens (including phenoxy) is 1. The van der Waals surface area contributed by atoms with E-state index >= 15 is 0 Å². The molecule has 0 radical (unpaired) electrons. The second-order valence-corrected chi connectivity index (χ2v) is 5.90. The molecule has 1 aromatic carbocycles. The predicted octanol–water partition coefficient (Wildman–Crippen LogP) is 3.66. The number of rotatable bonds is 5.